The van der Waals surface area contributed by atoms with Crippen molar-refractivity contribution in [3.05, 3.63) is 107 Å². The number of halogens is 1. The van der Waals surface area contributed by atoms with Crippen LogP contribution in [-0.4, -0.2) is 82.5 Å². The van der Waals surface area contributed by atoms with E-state index in [9.17, 15) is 0 Å². The predicted octanol–water partition coefficient (Wildman–Crippen LogP) is 8.86. The molecule has 1 saturated carbocycles. The van der Waals surface area contributed by atoms with E-state index in [0.717, 1.165) is 39.0 Å². The third-order valence-corrected chi connectivity index (χ3v) is 15.3. The normalized spacial score (nSPS) is 20.3. The second-order valence-electron chi connectivity index (χ2n) is 15.1. The number of nitrogens with zero attached hydrogens (tertiary/aromatic N) is 3. The van der Waals surface area contributed by atoms with Crippen LogP contribution in [0.15, 0.2) is 95.4 Å². The van der Waals surface area contributed by atoms with E-state index in [0.29, 0.717) is 0 Å². The maximum absolute atomic E-state index is 2.80. The van der Waals surface area contributed by atoms with E-state index in [1.54, 1.807) is 0 Å². The SMILES string of the molecule is CCSCCSCC[N+](CCSCCSCC)=C1C(=CC=C2N(CC)c3ccccc3C2(C)C)CCCC1=CC=C1N(CC)c2ccccc2C1(C)C.[I-]. The van der Waals surface area contributed by atoms with Crippen LogP contribution in [0.4, 0.5) is 11.4 Å². The van der Waals surface area contributed by atoms with Crippen LogP contribution in [0.25, 0.3) is 0 Å². The number of para-hydroxylation sites is 2. The lowest BCUT2D eigenvalue weighted by Gasteiger charge is -2.27. The molecule has 0 spiro atoms. The summed E-state index contributed by atoms with van der Waals surface area (Å²) in [5.41, 5.74) is 12.9. The van der Waals surface area contributed by atoms with Gasteiger partial charge in [-0.25, -0.2) is 4.58 Å². The van der Waals surface area contributed by atoms with Crippen LogP contribution >= 0.6 is 47.0 Å². The molecule has 5 rings (SSSR count). The van der Waals surface area contributed by atoms with E-state index in [2.05, 4.69) is 190 Å². The minimum atomic E-state index is -0.0335. The molecule has 3 nitrogen and oxygen atoms in total. The van der Waals surface area contributed by atoms with E-state index in [-0.39, 0.29) is 34.8 Å². The van der Waals surface area contributed by atoms with Crippen molar-refractivity contribution in [1.29, 1.82) is 0 Å². The molecule has 0 unspecified atom stereocenters. The van der Waals surface area contributed by atoms with Crippen molar-refractivity contribution in [3.63, 3.8) is 0 Å². The molecular weight excluding hydrogens is 850 g/mol. The summed E-state index contributed by atoms with van der Waals surface area (Å²) in [4.78, 5) is 5.09. The van der Waals surface area contributed by atoms with Gasteiger partial charge in [0, 0.05) is 80.8 Å². The molecule has 54 heavy (non-hydrogen) atoms. The topological polar surface area (TPSA) is 9.49 Å². The molecule has 3 aliphatic rings. The van der Waals surface area contributed by atoms with Crippen molar-refractivity contribution in [3.8, 4) is 0 Å². The van der Waals surface area contributed by atoms with Crippen molar-refractivity contribution in [1.82, 2.24) is 0 Å². The van der Waals surface area contributed by atoms with Gasteiger partial charge in [0.1, 0.15) is 0 Å². The predicted molar refractivity (Wildman–Crippen MR) is 247 cm³/mol. The second-order valence-corrected chi connectivity index (χ2v) is 20.3. The number of allylic oxidation sites excluding steroid dienone is 8. The van der Waals surface area contributed by atoms with Gasteiger partial charge in [0.15, 0.2) is 13.1 Å². The summed E-state index contributed by atoms with van der Waals surface area (Å²) in [7, 11) is 0. The molecule has 0 bridgehead atoms. The number of hydrogen-bond donors (Lipinski definition) is 0. The van der Waals surface area contributed by atoms with Gasteiger partial charge in [-0.1, -0.05) is 90.1 Å². The zero-order valence-corrected chi connectivity index (χ0v) is 39.8. The summed E-state index contributed by atoms with van der Waals surface area (Å²) in [6.07, 6.45) is 13.5. The first-order chi connectivity index (χ1) is 25.7. The van der Waals surface area contributed by atoms with Crippen LogP contribution in [0.2, 0.25) is 0 Å². The molecule has 2 aliphatic heterocycles. The lowest BCUT2D eigenvalue weighted by molar-refractivity contribution is -0.517. The molecule has 2 aromatic rings. The third kappa shape index (κ3) is 10.6. The van der Waals surface area contributed by atoms with E-state index in [1.165, 1.54) is 103 Å². The zero-order chi connectivity index (χ0) is 37.8. The second kappa shape index (κ2) is 22.1. The van der Waals surface area contributed by atoms with Crippen molar-refractivity contribution < 1.29 is 28.6 Å². The van der Waals surface area contributed by atoms with Crippen molar-refractivity contribution in [2.24, 2.45) is 0 Å². The lowest BCUT2D eigenvalue weighted by atomic mass is 9.82. The van der Waals surface area contributed by atoms with Gasteiger partial charge in [-0.3, -0.25) is 0 Å². The number of fused-ring (bicyclic) bond motifs is 2. The Morgan fingerprint density at radius 3 is 1.39 bits per heavy atom. The summed E-state index contributed by atoms with van der Waals surface area (Å²) in [5.74, 6) is 9.73. The first-order valence-corrected chi connectivity index (χ1v) is 24.8. The van der Waals surface area contributed by atoms with E-state index >= 15 is 0 Å². The molecular formula is C46H66IN3S4. The Morgan fingerprint density at radius 2 is 0.981 bits per heavy atom. The number of anilines is 2. The van der Waals surface area contributed by atoms with Crippen LogP contribution in [0.3, 0.4) is 0 Å². The fraction of sp³-hybridized carbons (Fsp3) is 0.543. The Kier molecular flexibility index (Phi) is 18.6. The molecule has 2 heterocycles. The Bertz CT molecular complexity index is 1570. The van der Waals surface area contributed by atoms with Crippen LogP contribution < -0.4 is 33.8 Å². The summed E-state index contributed by atoms with van der Waals surface area (Å²) >= 11 is 8.40. The number of hydrogen-bond acceptors (Lipinski definition) is 6. The average Bonchev–Trinajstić information content (AvgIpc) is 3.52. The number of benzene rings is 2. The van der Waals surface area contributed by atoms with Crippen LogP contribution in [0, 0.1) is 0 Å². The number of likely N-dealkylation sites (N-methyl/N-ethyl adjacent to an activating group) is 2. The highest BCUT2D eigenvalue weighted by atomic mass is 127. The highest BCUT2D eigenvalue weighted by molar-refractivity contribution is 8.03. The quantitative estimate of drug-likeness (QED) is 0.0835. The lowest BCUT2D eigenvalue weighted by Crippen LogP contribution is -3.00. The Morgan fingerprint density at radius 1 is 0.574 bits per heavy atom. The van der Waals surface area contributed by atoms with Gasteiger partial charge in [-0.05, 0) is 80.0 Å². The van der Waals surface area contributed by atoms with Crippen molar-refractivity contribution in [2.75, 3.05) is 82.0 Å². The van der Waals surface area contributed by atoms with E-state index in [1.807, 2.05) is 0 Å². The van der Waals surface area contributed by atoms with Gasteiger partial charge in [-0.2, -0.15) is 47.0 Å². The summed E-state index contributed by atoms with van der Waals surface area (Å²) in [6.45, 7) is 22.9. The average molecular weight is 916 g/mol. The van der Waals surface area contributed by atoms with Crippen LogP contribution in [0.5, 0.6) is 0 Å². The zero-order valence-electron chi connectivity index (χ0n) is 34.4. The number of rotatable bonds is 18. The monoisotopic (exact) mass is 915 g/mol. The Balaban J connectivity index is 0.00000650. The van der Waals surface area contributed by atoms with Crippen molar-refractivity contribution >= 4 is 64.1 Å². The van der Waals surface area contributed by atoms with E-state index < -0.39 is 0 Å². The molecule has 0 N–H and O–H groups in total. The minimum Gasteiger partial charge on any atom is -1.00 e. The molecule has 0 aromatic heterocycles. The van der Waals surface area contributed by atoms with Gasteiger partial charge in [-0.15, -0.1) is 0 Å². The maximum Gasteiger partial charge on any atom is 0.206 e. The van der Waals surface area contributed by atoms with Gasteiger partial charge < -0.3 is 33.8 Å². The standard InChI is InChI=1S/C46H66N3S4.HI/c1-9-48-40-22-15-13-20-38(40)45(5,6)42(48)26-24-36-18-17-19-37(25-27-43-46(7,8)39-21-14-16-23-41(39)49(43)10-2)44(36)47(28-30-52-34-32-50-11-3)29-31-53-35-33-51-12-4;/h13-16,20-27H,9-12,17-19,28-35H2,1-8H3;1H/q+1;/p-1. The van der Waals surface area contributed by atoms with E-state index in [4.69, 9.17) is 0 Å². The summed E-state index contributed by atoms with van der Waals surface area (Å²) in [5, 5.41) is 0. The minimum absolute atomic E-state index is 0. The van der Waals surface area contributed by atoms with Crippen LogP contribution in [0.1, 0.15) is 85.8 Å². The molecule has 0 saturated heterocycles. The van der Waals surface area contributed by atoms with Crippen LogP contribution in [-0.2, 0) is 10.8 Å². The summed E-state index contributed by atoms with van der Waals surface area (Å²) < 4.78 is 2.80. The van der Waals surface area contributed by atoms with Crippen molar-refractivity contribution in [2.45, 2.75) is 85.5 Å². The fourth-order valence-electron chi connectivity index (χ4n) is 8.38. The van der Waals surface area contributed by atoms with Gasteiger partial charge in [0.05, 0.1) is 11.5 Å². The highest BCUT2D eigenvalue weighted by Crippen LogP contribution is 2.49. The molecule has 0 radical (unpaired) electrons. The Hall–Kier alpha value is -1.20. The smallest absolute Gasteiger partial charge is 0.206 e. The molecule has 1 fully saturated rings. The fourth-order valence-corrected chi connectivity index (χ4v) is 11.9. The third-order valence-electron chi connectivity index (χ3n) is 11.1. The largest absolute Gasteiger partial charge is 1.00 e. The first-order valence-electron chi connectivity index (χ1n) is 20.2. The Labute approximate surface area is 363 Å². The molecule has 0 atom stereocenters. The highest BCUT2D eigenvalue weighted by Gasteiger charge is 2.40. The molecule has 0 amide bonds. The molecule has 1 aliphatic carbocycles. The molecule has 8 heteroatoms. The van der Waals surface area contributed by atoms with Gasteiger partial charge >= 0.3 is 0 Å². The maximum atomic E-state index is 2.80. The molecule has 296 valence electrons. The molecule has 2 aromatic carbocycles. The van der Waals surface area contributed by atoms with Gasteiger partial charge in [0.25, 0.3) is 0 Å². The first kappa shape index (κ1) is 45.5. The van der Waals surface area contributed by atoms with Gasteiger partial charge in [0.2, 0.25) is 5.71 Å². The summed E-state index contributed by atoms with van der Waals surface area (Å²) in [6, 6.07) is 18.1. The number of thioether (sulfide) groups is 4.